The Morgan fingerprint density at radius 2 is 1.83 bits per heavy atom. The molecule has 2 aromatic carbocycles. The predicted octanol–water partition coefficient (Wildman–Crippen LogP) is 5.13. The highest BCUT2D eigenvalue weighted by Gasteiger charge is 2.11. The van der Waals surface area contributed by atoms with Gasteiger partial charge in [-0.3, -0.25) is 0 Å². The van der Waals surface area contributed by atoms with Crippen LogP contribution < -0.4 is 4.74 Å². The number of alkyl halides is 1. The minimum atomic E-state index is -0.340. The Hall–Kier alpha value is -1.35. The molecule has 0 atom stereocenters. The smallest absolute Gasteiger partial charge is 0.167 e. The van der Waals surface area contributed by atoms with Crippen LogP contribution in [0.1, 0.15) is 16.7 Å². The summed E-state index contributed by atoms with van der Waals surface area (Å²) in [7, 11) is 0. The fourth-order valence-electron chi connectivity index (χ4n) is 1.72. The lowest BCUT2D eigenvalue weighted by atomic mass is 10.1. The second-order valence-electron chi connectivity index (χ2n) is 4.16. The number of ether oxygens (including phenoxy) is 1. The third-order valence-corrected chi connectivity index (χ3v) is 3.56. The first-order chi connectivity index (χ1) is 8.63. The zero-order chi connectivity index (χ0) is 13.1. The lowest BCUT2D eigenvalue weighted by molar-refractivity contribution is 0.435. The Balaban J connectivity index is 2.43. The van der Waals surface area contributed by atoms with Crippen molar-refractivity contribution < 1.29 is 9.13 Å². The SMILES string of the molecule is Cc1cccc(Oc2c(F)cccc2CBr)c1C. The van der Waals surface area contributed by atoms with Gasteiger partial charge in [-0.05, 0) is 37.1 Å². The van der Waals surface area contributed by atoms with Crippen LogP contribution in [0.15, 0.2) is 36.4 Å². The van der Waals surface area contributed by atoms with E-state index >= 15 is 0 Å². The summed E-state index contributed by atoms with van der Waals surface area (Å²) in [6, 6.07) is 10.7. The third kappa shape index (κ3) is 2.56. The summed E-state index contributed by atoms with van der Waals surface area (Å²) in [6.45, 7) is 3.98. The largest absolute Gasteiger partial charge is 0.454 e. The molecule has 2 rings (SSSR count). The van der Waals surface area contributed by atoms with Crippen LogP contribution >= 0.6 is 15.9 Å². The molecule has 0 saturated heterocycles. The van der Waals surface area contributed by atoms with Crippen LogP contribution in [0.3, 0.4) is 0 Å². The number of benzene rings is 2. The summed E-state index contributed by atoms with van der Waals surface area (Å²) in [4.78, 5) is 0. The Bertz CT molecular complexity index is 566. The first-order valence-corrected chi connectivity index (χ1v) is 6.83. The summed E-state index contributed by atoms with van der Waals surface area (Å²) >= 11 is 3.34. The molecule has 18 heavy (non-hydrogen) atoms. The van der Waals surface area contributed by atoms with E-state index in [1.165, 1.54) is 6.07 Å². The van der Waals surface area contributed by atoms with Gasteiger partial charge in [0, 0.05) is 10.9 Å². The van der Waals surface area contributed by atoms with Crippen LogP contribution in [-0.4, -0.2) is 0 Å². The third-order valence-electron chi connectivity index (χ3n) is 2.96. The molecule has 0 fully saturated rings. The van der Waals surface area contributed by atoms with Crippen LogP contribution in [-0.2, 0) is 5.33 Å². The maximum atomic E-state index is 13.8. The lowest BCUT2D eigenvalue weighted by Crippen LogP contribution is -1.95. The zero-order valence-electron chi connectivity index (χ0n) is 10.3. The number of halogens is 2. The Morgan fingerprint density at radius 3 is 2.56 bits per heavy atom. The van der Waals surface area contributed by atoms with Crippen molar-refractivity contribution in [2.45, 2.75) is 19.2 Å². The van der Waals surface area contributed by atoms with Gasteiger partial charge in [-0.15, -0.1) is 0 Å². The van der Waals surface area contributed by atoms with Crippen molar-refractivity contribution in [2.75, 3.05) is 0 Å². The van der Waals surface area contributed by atoms with Gasteiger partial charge >= 0.3 is 0 Å². The molecule has 0 bridgehead atoms. The van der Waals surface area contributed by atoms with Crippen molar-refractivity contribution in [3.8, 4) is 11.5 Å². The van der Waals surface area contributed by atoms with Crippen molar-refractivity contribution in [3.05, 3.63) is 58.9 Å². The van der Waals surface area contributed by atoms with E-state index in [1.807, 2.05) is 38.1 Å². The van der Waals surface area contributed by atoms with Crippen molar-refractivity contribution in [3.63, 3.8) is 0 Å². The summed E-state index contributed by atoms with van der Waals surface area (Å²) in [5.74, 6) is 0.651. The highest BCUT2D eigenvalue weighted by molar-refractivity contribution is 9.08. The van der Waals surface area contributed by atoms with E-state index in [2.05, 4.69) is 15.9 Å². The Morgan fingerprint density at radius 1 is 1.11 bits per heavy atom. The number of para-hydroxylation sites is 1. The predicted molar refractivity (Wildman–Crippen MR) is 75.0 cm³/mol. The number of aryl methyl sites for hydroxylation is 1. The molecule has 0 N–H and O–H groups in total. The summed E-state index contributed by atoms with van der Waals surface area (Å²) in [5.41, 5.74) is 2.96. The molecule has 0 aliphatic rings. The molecular formula is C15H14BrFO. The molecule has 0 radical (unpaired) electrons. The van der Waals surface area contributed by atoms with Gasteiger partial charge in [-0.1, -0.05) is 40.2 Å². The van der Waals surface area contributed by atoms with Crippen LogP contribution in [0, 0.1) is 19.7 Å². The van der Waals surface area contributed by atoms with Crippen LogP contribution in [0.5, 0.6) is 11.5 Å². The van der Waals surface area contributed by atoms with Gasteiger partial charge in [0.1, 0.15) is 5.75 Å². The lowest BCUT2D eigenvalue weighted by Gasteiger charge is -2.13. The number of rotatable bonds is 3. The molecule has 0 amide bonds. The molecule has 0 heterocycles. The number of hydrogen-bond acceptors (Lipinski definition) is 1. The summed E-state index contributed by atoms with van der Waals surface area (Å²) in [6.07, 6.45) is 0. The van der Waals surface area contributed by atoms with Gasteiger partial charge < -0.3 is 4.74 Å². The molecular weight excluding hydrogens is 295 g/mol. The molecule has 0 aliphatic carbocycles. The van der Waals surface area contributed by atoms with E-state index < -0.39 is 0 Å². The maximum Gasteiger partial charge on any atom is 0.167 e. The second-order valence-corrected chi connectivity index (χ2v) is 4.72. The first kappa shape index (κ1) is 13.1. The first-order valence-electron chi connectivity index (χ1n) is 5.71. The molecule has 0 aromatic heterocycles. The van der Waals surface area contributed by atoms with E-state index in [0.717, 1.165) is 16.7 Å². The van der Waals surface area contributed by atoms with Crippen molar-refractivity contribution in [1.82, 2.24) is 0 Å². The van der Waals surface area contributed by atoms with Gasteiger partial charge in [-0.25, -0.2) is 4.39 Å². The maximum absolute atomic E-state index is 13.8. The fourth-order valence-corrected chi connectivity index (χ4v) is 2.16. The van der Waals surface area contributed by atoms with E-state index in [9.17, 15) is 4.39 Å². The molecule has 0 saturated carbocycles. The van der Waals surface area contributed by atoms with Gasteiger partial charge in [0.05, 0.1) is 0 Å². The fraction of sp³-hybridized carbons (Fsp3) is 0.200. The van der Waals surface area contributed by atoms with Gasteiger partial charge in [-0.2, -0.15) is 0 Å². The normalized spacial score (nSPS) is 10.4. The van der Waals surface area contributed by atoms with Crippen molar-refractivity contribution >= 4 is 15.9 Å². The van der Waals surface area contributed by atoms with E-state index in [4.69, 9.17) is 4.74 Å². The Kier molecular flexibility index (Phi) is 4.02. The monoisotopic (exact) mass is 308 g/mol. The molecule has 0 spiro atoms. The van der Waals surface area contributed by atoms with E-state index in [0.29, 0.717) is 16.8 Å². The molecule has 94 valence electrons. The van der Waals surface area contributed by atoms with Gasteiger partial charge in [0.2, 0.25) is 0 Å². The quantitative estimate of drug-likeness (QED) is 0.714. The molecule has 2 aromatic rings. The summed E-state index contributed by atoms with van der Waals surface area (Å²) < 4.78 is 19.5. The highest BCUT2D eigenvalue weighted by atomic mass is 79.9. The second kappa shape index (κ2) is 5.53. The number of hydrogen-bond donors (Lipinski definition) is 0. The molecule has 0 aliphatic heterocycles. The molecule has 3 heteroatoms. The topological polar surface area (TPSA) is 9.23 Å². The molecule has 1 nitrogen and oxygen atoms in total. The average molecular weight is 309 g/mol. The summed E-state index contributed by atoms with van der Waals surface area (Å²) in [5, 5.41) is 0.560. The van der Waals surface area contributed by atoms with Gasteiger partial charge in [0.25, 0.3) is 0 Å². The minimum absolute atomic E-state index is 0.295. The van der Waals surface area contributed by atoms with Crippen LogP contribution in [0.25, 0.3) is 0 Å². The van der Waals surface area contributed by atoms with Crippen molar-refractivity contribution in [1.29, 1.82) is 0 Å². The van der Waals surface area contributed by atoms with Crippen LogP contribution in [0.2, 0.25) is 0 Å². The Labute approximate surface area is 115 Å². The highest BCUT2D eigenvalue weighted by Crippen LogP contribution is 2.32. The average Bonchev–Trinajstić information content (AvgIpc) is 2.37. The minimum Gasteiger partial charge on any atom is -0.454 e. The zero-order valence-corrected chi connectivity index (χ0v) is 11.9. The van der Waals surface area contributed by atoms with E-state index in [1.54, 1.807) is 6.07 Å². The van der Waals surface area contributed by atoms with Gasteiger partial charge in [0.15, 0.2) is 11.6 Å². The van der Waals surface area contributed by atoms with E-state index in [-0.39, 0.29) is 5.82 Å². The standard InChI is InChI=1S/C15H14BrFO/c1-10-5-3-8-14(11(10)2)18-15-12(9-16)6-4-7-13(15)17/h3-8H,9H2,1-2H3. The molecule has 0 unspecified atom stereocenters. The van der Waals surface area contributed by atoms with Crippen molar-refractivity contribution in [2.24, 2.45) is 0 Å². The van der Waals surface area contributed by atoms with Crippen LogP contribution in [0.4, 0.5) is 4.39 Å².